The normalized spacial score (nSPS) is 13.8. The highest BCUT2D eigenvalue weighted by Gasteiger charge is 2.19. The van der Waals surface area contributed by atoms with Gasteiger partial charge in [0, 0.05) is 37.2 Å². The molecule has 0 radical (unpaired) electrons. The highest BCUT2D eigenvalue weighted by atomic mass is 19.1. The second kappa shape index (κ2) is 8.40. The van der Waals surface area contributed by atoms with E-state index in [1.807, 2.05) is 4.90 Å². The second-order valence-corrected chi connectivity index (χ2v) is 7.02. The summed E-state index contributed by atoms with van der Waals surface area (Å²) in [5, 5.41) is 0. The molecule has 0 saturated carbocycles. The molecule has 2 N–H and O–H groups in total. The molecule has 9 heteroatoms. The summed E-state index contributed by atoms with van der Waals surface area (Å²) < 4.78 is 27.4. The number of pyridine rings is 1. The Morgan fingerprint density at radius 2 is 2.13 bits per heavy atom. The molecule has 0 atom stereocenters. The number of primary amides is 1. The third-order valence-corrected chi connectivity index (χ3v) is 4.90. The number of nitrogens with zero attached hydrogens (tertiary/aromatic N) is 3. The van der Waals surface area contributed by atoms with Crippen LogP contribution >= 0.6 is 0 Å². The first-order valence-corrected chi connectivity index (χ1v) is 9.65. The van der Waals surface area contributed by atoms with E-state index in [1.54, 1.807) is 22.7 Å². The molecular weight excluding hydrogens is 391 g/mol. The summed E-state index contributed by atoms with van der Waals surface area (Å²) in [6.07, 6.45) is 5.23. The number of halogens is 1. The van der Waals surface area contributed by atoms with Crippen LogP contribution in [0.5, 0.6) is 17.4 Å². The molecule has 4 rings (SSSR count). The minimum Gasteiger partial charge on any atom is -0.493 e. The van der Waals surface area contributed by atoms with Gasteiger partial charge in [0.25, 0.3) is 0 Å². The molecule has 1 saturated heterocycles. The molecule has 156 valence electrons. The van der Waals surface area contributed by atoms with E-state index in [0.717, 1.165) is 13.0 Å². The van der Waals surface area contributed by atoms with Crippen LogP contribution in [0.25, 0.3) is 5.52 Å². The Kier molecular flexibility index (Phi) is 5.51. The number of fused-ring (bicyclic) bond motifs is 1. The van der Waals surface area contributed by atoms with Crippen LogP contribution in [0.4, 0.5) is 4.39 Å². The predicted octanol–water partition coefficient (Wildman–Crippen LogP) is 2.76. The maximum Gasteiger partial charge on any atom is 0.248 e. The molecule has 30 heavy (non-hydrogen) atoms. The fourth-order valence-electron chi connectivity index (χ4n) is 3.37. The topological polar surface area (TPSA) is 99.2 Å². The Morgan fingerprint density at radius 1 is 1.27 bits per heavy atom. The Bertz CT molecular complexity index is 1100. The monoisotopic (exact) mass is 412 g/mol. The zero-order valence-electron chi connectivity index (χ0n) is 16.2. The van der Waals surface area contributed by atoms with Gasteiger partial charge in [0.1, 0.15) is 12.1 Å². The molecule has 1 fully saturated rings. The third kappa shape index (κ3) is 4.19. The lowest BCUT2D eigenvalue weighted by molar-refractivity contribution is -0.127. The molecule has 0 unspecified atom stereocenters. The first-order chi connectivity index (χ1) is 14.5. The van der Waals surface area contributed by atoms with Gasteiger partial charge < -0.3 is 20.1 Å². The van der Waals surface area contributed by atoms with E-state index in [1.165, 1.54) is 24.5 Å². The molecule has 0 bridgehead atoms. The number of carbonyl (C=O) groups excluding carboxylic acids is 2. The fourth-order valence-corrected chi connectivity index (χ4v) is 3.37. The van der Waals surface area contributed by atoms with Crippen molar-refractivity contribution in [2.24, 2.45) is 5.73 Å². The number of likely N-dealkylation sites (tertiary alicyclic amines) is 1. The van der Waals surface area contributed by atoms with Crippen molar-refractivity contribution in [3.8, 4) is 17.4 Å². The molecule has 0 spiro atoms. The van der Waals surface area contributed by atoms with Crippen molar-refractivity contribution in [3.63, 3.8) is 0 Å². The number of hydrogen-bond acceptors (Lipinski definition) is 5. The van der Waals surface area contributed by atoms with E-state index in [2.05, 4.69) is 4.98 Å². The molecule has 3 heterocycles. The van der Waals surface area contributed by atoms with Crippen molar-refractivity contribution in [1.29, 1.82) is 0 Å². The summed E-state index contributed by atoms with van der Waals surface area (Å²) in [4.78, 5) is 28.9. The molecule has 0 aliphatic carbocycles. The van der Waals surface area contributed by atoms with E-state index in [-0.39, 0.29) is 23.1 Å². The van der Waals surface area contributed by atoms with Gasteiger partial charge in [0.15, 0.2) is 11.6 Å². The van der Waals surface area contributed by atoms with E-state index in [4.69, 9.17) is 15.2 Å². The van der Waals surface area contributed by atoms with E-state index in [0.29, 0.717) is 37.3 Å². The lowest BCUT2D eigenvalue weighted by Crippen LogP contribution is -2.26. The number of hydrogen-bond donors (Lipinski definition) is 1. The average molecular weight is 412 g/mol. The van der Waals surface area contributed by atoms with Crippen molar-refractivity contribution in [2.45, 2.75) is 19.3 Å². The summed E-state index contributed by atoms with van der Waals surface area (Å²) in [6.45, 7) is 1.81. The fraction of sp³-hybridized carbons (Fsp3) is 0.286. The zero-order valence-corrected chi connectivity index (χ0v) is 16.2. The minimum absolute atomic E-state index is 0.0263. The van der Waals surface area contributed by atoms with Crippen LogP contribution in [0.1, 0.15) is 29.6 Å². The molecule has 1 aliphatic rings. The van der Waals surface area contributed by atoms with Gasteiger partial charge in [-0.15, -0.1) is 0 Å². The second-order valence-electron chi connectivity index (χ2n) is 7.02. The largest absolute Gasteiger partial charge is 0.493 e. The number of imidazole rings is 1. The zero-order chi connectivity index (χ0) is 21.1. The van der Waals surface area contributed by atoms with Gasteiger partial charge in [-0.05, 0) is 31.0 Å². The first-order valence-electron chi connectivity index (χ1n) is 9.65. The maximum absolute atomic E-state index is 14.6. The standard InChI is InChI=1S/C21H21FN4O4/c22-17-11-16(29-8-2-7-25-6-1-3-19(25)27)4-5-18(17)30-20-10-14(21(23)28)9-15-12-24-13-26(15)20/h4-5,9-13H,1-3,6-8H2,(H2,23,28). The number of aromatic nitrogens is 2. The summed E-state index contributed by atoms with van der Waals surface area (Å²) in [7, 11) is 0. The molecule has 2 aromatic heterocycles. The number of nitrogens with two attached hydrogens (primary N) is 1. The van der Waals surface area contributed by atoms with Crippen LogP contribution < -0.4 is 15.2 Å². The van der Waals surface area contributed by atoms with Gasteiger partial charge in [-0.1, -0.05) is 0 Å². The van der Waals surface area contributed by atoms with Crippen LogP contribution in [0, 0.1) is 5.82 Å². The molecule has 2 amide bonds. The van der Waals surface area contributed by atoms with E-state index >= 15 is 0 Å². The smallest absolute Gasteiger partial charge is 0.248 e. The summed E-state index contributed by atoms with van der Waals surface area (Å²) in [5.41, 5.74) is 6.18. The van der Waals surface area contributed by atoms with Crippen molar-refractivity contribution in [2.75, 3.05) is 19.7 Å². The van der Waals surface area contributed by atoms with Crippen molar-refractivity contribution >= 4 is 17.3 Å². The van der Waals surface area contributed by atoms with Gasteiger partial charge in [-0.25, -0.2) is 9.37 Å². The quantitative estimate of drug-likeness (QED) is 0.574. The molecule has 1 aromatic carbocycles. The van der Waals surface area contributed by atoms with Crippen LogP contribution in [0.15, 0.2) is 42.9 Å². The van der Waals surface area contributed by atoms with Crippen molar-refractivity contribution < 1.29 is 23.5 Å². The number of ether oxygens (including phenoxy) is 2. The number of rotatable bonds is 8. The minimum atomic E-state index is -0.622. The Balaban J connectivity index is 1.41. The highest BCUT2D eigenvalue weighted by molar-refractivity contribution is 5.94. The van der Waals surface area contributed by atoms with Gasteiger partial charge in [0.2, 0.25) is 17.7 Å². The van der Waals surface area contributed by atoms with E-state index in [9.17, 15) is 14.0 Å². The Hall–Kier alpha value is -3.62. The Morgan fingerprint density at radius 3 is 2.87 bits per heavy atom. The van der Waals surface area contributed by atoms with Crippen LogP contribution in [-0.2, 0) is 4.79 Å². The van der Waals surface area contributed by atoms with Gasteiger partial charge >= 0.3 is 0 Å². The van der Waals surface area contributed by atoms with Crippen LogP contribution in [0.2, 0.25) is 0 Å². The lowest BCUT2D eigenvalue weighted by Gasteiger charge is -2.15. The van der Waals surface area contributed by atoms with Gasteiger partial charge in [0.05, 0.1) is 18.3 Å². The maximum atomic E-state index is 14.6. The van der Waals surface area contributed by atoms with Gasteiger partial charge in [-0.2, -0.15) is 0 Å². The molecule has 3 aromatic rings. The highest BCUT2D eigenvalue weighted by Crippen LogP contribution is 2.29. The average Bonchev–Trinajstić information content (AvgIpc) is 3.36. The Labute approximate surface area is 172 Å². The molecule has 1 aliphatic heterocycles. The summed E-state index contributed by atoms with van der Waals surface area (Å²) in [5.74, 6) is -0.507. The van der Waals surface area contributed by atoms with Crippen LogP contribution in [-0.4, -0.2) is 45.8 Å². The number of benzene rings is 1. The van der Waals surface area contributed by atoms with Crippen molar-refractivity contribution in [3.05, 3.63) is 54.2 Å². The summed E-state index contributed by atoms with van der Waals surface area (Å²) >= 11 is 0. The van der Waals surface area contributed by atoms with E-state index < -0.39 is 11.7 Å². The summed E-state index contributed by atoms with van der Waals surface area (Å²) in [6, 6.07) is 7.29. The lowest BCUT2D eigenvalue weighted by atomic mass is 10.2. The predicted molar refractivity (Wildman–Crippen MR) is 106 cm³/mol. The van der Waals surface area contributed by atoms with Crippen molar-refractivity contribution in [1.82, 2.24) is 14.3 Å². The molecule has 8 nitrogen and oxygen atoms in total. The first kappa shape index (κ1) is 19.7. The van der Waals surface area contributed by atoms with Gasteiger partial charge in [-0.3, -0.25) is 14.0 Å². The third-order valence-electron chi connectivity index (χ3n) is 4.90. The number of amides is 2. The van der Waals surface area contributed by atoms with Crippen LogP contribution in [0.3, 0.4) is 0 Å². The SMILES string of the molecule is NC(=O)c1cc(Oc2ccc(OCCCN3CCCC3=O)cc2F)n2cncc2c1. The molecular formula is C21H21FN4O4. The number of carbonyl (C=O) groups is 2.